The lowest BCUT2D eigenvalue weighted by molar-refractivity contribution is -0.169. The molecule has 2 nitrogen and oxygen atoms in total. The van der Waals surface area contributed by atoms with Gasteiger partial charge in [-0.3, -0.25) is 0 Å². The predicted molar refractivity (Wildman–Crippen MR) is 60.5 cm³/mol. The molecule has 2 rings (SSSR count). The third-order valence-electron chi connectivity index (χ3n) is 3.95. The normalized spacial score (nSPS) is 43.7. The maximum atomic E-state index is 6.01. The Morgan fingerprint density at radius 1 is 1.13 bits per heavy atom. The van der Waals surface area contributed by atoms with Gasteiger partial charge in [0.25, 0.3) is 0 Å². The van der Waals surface area contributed by atoms with Crippen LogP contribution in [-0.4, -0.2) is 18.0 Å². The summed E-state index contributed by atoms with van der Waals surface area (Å²) in [6, 6.07) is 0. The van der Waals surface area contributed by atoms with Crippen LogP contribution in [0, 0.1) is 11.8 Å². The highest BCUT2D eigenvalue weighted by Gasteiger charge is 2.51. The molecule has 0 aromatic heterocycles. The van der Waals surface area contributed by atoms with Crippen molar-refractivity contribution in [2.24, 2.45) is 11.8 Å². The Morgan fingerprint density at radius 3 is 2.07 bits per heavy atom. The lowest BCUT2D eigenvalue weighted by Gasteiger charge is -2.22. The van der Waals surface area contributed by atoms with E-state index in [9.17, 15) is 0 Å². The van der Waals surface area contributed by atoms with Gasteiger partial charge in [-0.1, -0.05) is 19.1 Å². The number of ether oxygens (including phenoxy) is 2. The Kier molecular flexibility index (Phi) is 2.68. The Morgan fingerprint density at radius 2 is 1.67 bits per heavy atom. The standard InChI is InChI=1S/C13H22O2/c1-8(2)12-7-13(6-9(12)3)14-10(4)11(5)15-13/h9-12H,1,6-7H2,2-5H3/t9-,10-,11-,12+/m1/s1. The molecule has 1 saturated carbocycles. The molecule has 0 N–H and O–H groups in total. The topological polar surface area (TPSA) is 18.5 Å². The van der Waals surface area contributed by atoms with E-state index in [4.69, 9.17) is 9.47 Å². The van der Waals surface area contributed by atoms with Gasteiger partial charge in [-0.25, -0.2) is 0 Å². The predicted octanol–water partition coefficient (Wildman–Crippen LogP) is 3.13. The molecule has 0 aromatic rings. The molecule has 2 aliphatic rings. The summed E-state index contributed by atoms with van der Waals surface area (Å²) in [5.41, 5.74) is 1.26. The fourth-order valence-corrected chi connectivity index (χ4v) is 3.00. The maximum Gasteiger partial charge on any atom is 0.170 e. The van der Waals surface area contributed by atoms with Crippen LogP contribution < -0.4 is 0 Å². The van der Waals surface area contributed by atoms with Gasteiger partial charge in [-0.2, -0.15) is 0 Å². The van der Waals surface area contributed by atoms with Crippen molar-refractivity contribution in [2.75, 3.05) is 0 Å². The van der Waals surface area contributed by atoms with Crippen molar-refractivity contribution in [3.63, 3.8) is 0 Å². The second kappa shape index (κ2) is 3.60. The van der Waals surface area contributed by atoms with Gasteiger partial charge in [0.1, 0.15) is 0 Å². The molecular formula is C13H22O2. The fourth-order valence-electron chi connectivity index (χ4n) is 3.00. The molecule has 1 aliphatic heterocycles. The number of hydrogen-bond donors (Lipinski definition) is 0. The lowest BCUT2D eigenvalue weighted by Crippen LogP contribution is -2.27. The Bertz CT molecular complexity index is 262. The summed E-state index contributed by atoms with van der Waals surface area (Å²) >= 11 is 0. The van der Waals surface area contributed by atoms with Crippen molar-refractivity contribution in [1.29, 1.82) is 0 Å². The van der Waals surface area contributed by atoms with Crippen LogP contribution in [0.3, 0.4) is 0 Å². The van der Waals surface area contributed by atoms with E-state index in [2.05, 4.69) is 34.3 Å². The zero-order valence-corrected chi connectivity index (χ0v) is 10.2. The first-order valence-corrected chi connectivity index (χ1v) is 5.94. The van der Waals surface area contributed by atoms with Crippen molar-refractivity contribution in [3.05, 3.63) is 12.2 Å². The third-order valence-corrected chi connectivity index (χ3v) is 3.95. The largest absolute Gasteiger partial charge is 0.344 e. The van der Waals surface area contributed by atoms with Crippen LogP contribution in [0.5, 0.6) is 0 Å². The minimum absolute atomic E-state index is 0.223. The molecular weight excluding hydrogens is 188 g/mol. The van der Waals surface area contributed by atoms with Crippen molar-refractivity contribution in [1.82, 2.24) is 0 Å². The third kappa shape index (κ3) is 1.85. The van der Waals surface area contributed by atoms with Crippen LogP contribution in [0.2, 0.25) is 0 Å². The second-order valence-corrected chi connectivity index (χ2v) is 5.40. The molecule has 0 unspecified atom stereocenters. The SMILES string of the molecule is C=C(C)[C@@H]1CC2(C[C@H]1C)O[C@H](C)[C@@H](C)O2. The van der Waals surface area contributed by atoms with Gasteiger partial charge in [-0.15, -0.1) is 0 Å². The van der Waals surface area contributed by atoms with Crippen LogP contribution in [0.1, 0.15) is 40.5 Å². The second-order valence-electron chi connectivity index (χ2n) is 5.40. The number of hydrogen-bond acceptors (Lipinski definition) is 2. The molecule has 4 atom stereocenters. The molecule has 2 heteroatoms. The number of allylic oxidation sites excluding steroid dienone is 1. The van der Waals surface area contributed by atoms with E-state index in [0.717, 1.165) is 12.8 Å². The zero-order chi connectivity index (χ0) is 11.2. The summed E-state index contributed by atoms with van der Waals surface area (Å²) < 4.78 is 12.0. The molecule has 1 saturated heterocycles. The summed E-state index contributed by atoms with van der Waals surface area (Å²) in [7, 11) is 0. The van der Waals surface area contributed by atoms with Crippen LogP contribution in [-0.2, 0) is 9.47 Å². The summed E-state index contributed by atoms with van der Waals surface area (Å²) in [4.78, 5) is 0. The van der Waals surface area contributed by atoms with Gasteiger partial charge >= 0.3 is 0 Å². The van der Waals surface area contributed by atoms with E-state index < -0.39 is 0 Å². The van der Waals surface area contributed by atoms with E-state index in [-0.39, 0.29) is 18.0 Å². The smallest absolute Gasteiger partial charge is 0.170 e. The van der Waals surface area contributed by atoms with Gasteiger partial charge < -0.3 is 9.47 Å². The molecule has 0 radical (unpaired) electrons. The molecule has 0 bridgehead atoms. The molecule has 0 amide bonds. The average Bonchev–Trinajstić information content (AvgIpc) is 2.55. The van der Waals surface area contributed by atoms with Crippen LogP contribution in [0.25, 0.3) is 0 Å². The van der Waals surface area contributed by atoms with E-state index in [1.807, 2.05) is 0 Å². The first-order valence-electron chi connectivity index (χ1n) is 5.94. The van der Waals surface area contributed by atoms with Gasteiger partial charge in [0.2, 0.25) is 0 Å². The quantitative estimate of drug-likeness (QED) is 0.619. The summed E-state index contributed by atoms with van der Waals surface area (Å²) in [5.74, 6) is 0.879. The molecule has 1 aliphatic carbocycles. The first kappa shape index (κ1) is 11.2. The molecule has 1 spiro atoms. The van der Waals surface area contributed by atoms with E-state index in [1.165, 1.54) is 5.57 Å². The van der Waals surface area contributed by atoms with Crippen molar-refractivity contribution in [2.45, 2.75) is 58.5 Å². The van der Waals surface area contributed by atoms with Gasteiger partial charge in [0, 0.05) is 12.8 Å². The Labute approximate surface area is 92.6 Å². The minimum Gasteiger partial charge on any atom is -0.344 e. The van der Waals surface area contributed by atoms with Crippen LogP contribution in [0.4, 0.5) is 0 Å². The highest BCUT2D eigenvalue weighted by molar-refractivity contribution is 5.06. The van der Waals surface area contributed by atoms with Crippen molar-refractivity contribution in [3.8, 4) is 0 Å². The van der Waals surface area contributed by atoms with Gasteiger partial charge in [0.05, 0.1) is 12.2 Å². The average molecular weight is 210 g/mol. The van der Waals surface area contributed by atoms with Gasteiger partial charge in [0.15, 0.2) is 5.79 Å². The highest BCUT2D eigenvalue weighted by Crippen LogP contribution is 2.49. The fraction of sp³-hybridized carbons (Fsp3) is 0.846. The molecule has 0 aromatic carbocycles. The molecule has 2 fully saturated rings. The van der Waals surface area contributed by atoms with E-state index >= 15 is 0 Å². The van der Waals surface area contributed by atoms with Crippen LogP contribution >= 0.6 is 0 Å². The monoisotopic (exact) mass is 210 g/mol. The molecule has 1 heterocycles. The minimum atomic E-state index is -0.304. The Balaban J connectivity index is 2.11. The summed E-state index contributed by atoms with van der Waals surface area (Å²) in [5, 5.41) is 0. The van der Waals surface area contributed by atoms with Crippen LogP contribution in [0.15, 0.2) is 12.2 Å². The van der Waals surface area contributed by atoms with Crippen molar-refractivity contribution >= 4 is 0 Å². The maximum absolute atomic E-state index is 6.01. The molecule has 15 heavy (non-hydrogen) atoms. The summed E-state index contributed by atoms with van der Waals surface area (Å²) in [6.45, 7) is 12.6. The molecule has 86 valence electrons. The van der Waals surface area contributed by atoms with Crippen molar-refractivity contribution < 1.29 is 9.47 Å². The van der Waals surface area contributed by atoms with E-state index in [0.29, 0.717) is 11.8 Å². The Hall–Kier alpha value is -0.340. The lowest BCUT2D eigenvalue weighted by atomic mass is 9.92. The highest BCUT2D eigenvalue weighted by atomic mass is 16.8. The zero-order valence-electron chi connectivity index (χ0n) is 10.2. The number of rotatable bonds is 1. The van der Waals surface area contributed by atoms with Gasteiger partial charge in [-0.05, 0) is 32.6 Å². The first-order chi connectivity index (χ1) is 6.93. The summed E-state index contributed by atoms with van der Waals surface area (Å²) in [6.07, 6.45) is 2.44. The van der Waals surface area contributed by atoms with E-state index in [1.54, 1.807) is 0 Å².